The number of ether oxygens (including phenoxy) is 1. The molecular formula is C23H31N3O6S. The van der Waals surface area contributed by atoms with Crippen molar-refractivity contribution in [3.8, 4) is 5.75 Å². The molecule has 2 rings (SSSR count). The molecule has 180 valence electrons. The van der Waals surface area contributed by atoms with Gasteiger partial charge in [0.05, 0.1) is 23.4 Å². The van der Waals surface area contributed by atoms with E-state index in [9.17, 15) is 23.3 Å². The lowest BCUT2D eigenvalue weighted by atomic mass is 10.0. The number of aryl methyl sites for hydroxylation is 1. The van der Waals surface area contributed by atoms with Crippen LogP contribution in [0.3, 0.4) is 0 Å². The predicted octanol–water partition coefficient (Wildman–Crippen LogP) is 3.77. The number of nitro benzene ring substituents is 1. The smallest absolute Gasteiger partial charge is 0.271 e. The Labute approximate surface area is 195 Å². The Hall–Kier alpha value is -3.14. The minimum absolute atomic E-state index is 0.107. The van der Waals surface area contributed by atoms with Gasteiger partial charge in [-0.2, -0.15) is 0 Å². The quantitative estimate of drug-likeness (QED) is 0.299. The Morgan fingerprint density at radius 3 is 2.45 bits per heavy atom. The Morgan fingerprint density at radius 1 is 1.21 bits per heavy atom. The van der Waals surface area contributed by atoms with Crippen molar-refractivity contribution in [1.82, 2.24) is 5.32 Å². The van der Waals surface area contributed by atoms with E-state index in [2.05, 4.69) is 19.2 Å². The number of carbonyl (C=O) groups is 1. The van der Waals surface area contributed by atoms with Gasteiger partial charge in [-0.15, -0.1) is 0 Å². The Balaban J connectivity index is 2.18. The van der Waals surface area contributed by atoms with Crippen molar-refractivity contribution in [3.63, 3.8) is 0 Å². The molecule has 0 aliphatic rings. The van der Waals surface area contributed by atoms with Gasteiger partial charge in [0.1, 0.15) is 18.4 Å². The lowest BCUT2D eigenvalue weighted by molar-refractivity contribution is -0.384. The summed E-state index contributed by atoms with van der Waals surface area (Å²) in [5.41, 5.74) is 1.41. The van der Waals surface area contributed by atoms with Crippen molar-refractivity contribution in [2.75, 3.05) is 23.7 Å². The minimum atomic E-state index is -3.91. The minimum Gasteiger partial charge on any atom is -0.491 e. The first-order valence-electron chi connectivity index (χ1n) is 10.7. The van der Waals surface area contributed by atoms with E-state index in [-0.39, 0.29) is 36.9 Å². The number of hydrogen-bond donors (Lipinski definition) is 1. The summed E-state index contributed by atoms with van der Waals surface area (Å²) >= 11 is 0. The van der Waals surface area contributed by atoms with E-state index in [0.717, 1.165) is 21.9 Å². The van der Waals surface area contributed by atoms with Gasteiger partial charge >= 0.3 is 0 Å². The highest BCUT2D eigenvalue weighted by Crippen LogP contribution is 2.30. The lowest BCUT2D eigenvalue weighted by Crippen LogP contribution is -2.50. The number of nitrogens with one attached hydrogen (secondary N) is 1. The third-order valence-corrected chi connectivity index (χ3v) is 6.34. The van der Waals surface area contributed by atoms with Crippen molar-refractivity contribution < 1.29 is 22.9 Å². The van der Waals surface area contributed by atoms with Crippen LogP contribution in [0.2, 0.25) is 0 Å². The molecule has 0 bridgehead atoms. The monoisotopic (exact) mass is 477 g/mol. The second kappa shape index (κ2) is 11.1. The average Bonchev–Trinajstić information content (AvgIpc) is 2.74. The Kier molecular flexibility index (Phi) is 8.81. The molecule has 1 atom stereocenters. The van der Waals surface area contributed by atoms with Crippen LogP contribution in [-0.2, 0) is 14.8 Å². The number of benzene rings is 2. The maximum Gasteiger partial charge on any atom is 0.271 e. The zero-order chi connectivity index (χ0) is 24.8. The number of nitrogens with zero attached hydrogens (tertiary/aromatic N) is 2. The molecule has 1 N–H and O–H groups in total. The molecule has 0 aliphatic heterocycles. The molecule has 10 heteroatoms. The van der Waals surface area contributed by atoms with E-state index in [1.54, 1.807) is 13.8 Å². The average molecular weight is 478 g/mol. The summed E-state index contributed by atoms with van der Waals surface area (Å²) < 4.78 is 32.0. The largest absolute Gasteiger partial charge is 0.491 e. The molecule has 0 saturated carbocycles. The van der Waals surface area contributed by atoms with Crippen LogP contribution >= 0.6 is 0 Å². The van der Waals surface area contributed by atoms with Gasteiger partial charge in [0.25, 0.3) is 5.69 Å². The van der Waals surface area contributed by atoms with E-state index in [4.69, 9.17) is 4.74 Å². The number of para-hydroxylation sites is 1. The van der Waals surface area contributed by atoms with Crippen molar-refractivity contribution in [3.05, 3.63) is 63.7 Å². The summed E-state index contributed by atoms with van der Waals surface area (Å²) in [6, 6.07) is 10.5. The van der Waals surface area contributed by atoms with Crippen LogP contribution in [-0.4, -0.2) is 44.7 Å². The van der Waals surface area contributed by atoms with Gasteiger partial charge in [-0.3, -0.25) is 19.2 Å². The molecule has 0 heterocycles. The third-order valence-electron chi connectivity index (χ3n) is 5.17. The fraction of sp³-hybridized carbons (Fsp3) is 0.435. The standard InChI is InChI=1S/C23H31N3O6S/c1-6-20(23(27)24-13-14-32-22-10-8-7-9-19(22)16(2)3)25(33(5,30)31)21-15-18(26(28)29)12-11-17(21)4/h7-12,15-16,20H,6,13-14H2,1-5H3,(H,24,27)/t20-/m0/s1. The predicted molar refractivity (Wildman–Crippen MR) is 128 cm³/mol. The number of hydrogen-bond acceptors (Lipinski definition) is 6. The number of carbonyl (C=O) groups excluding carboxylic acids is 1. The fourth-order valence-corrected chi connectivity index (χ4v) is 4.79. The number of sulfonamides is 1. The van der Waals surface area contributed by atoms with Crippen LogP contribution in [0.25, 0.3) is 0 Å². The van der Waals surface area contributed by atoms with E-state index < -0.39 is 26.9 Å². The van der Waals surface area contributed by atoms with Gasteiger partial charge < -0.3 is 10.1 Å². The van der Waals surface area contributed by atoms with Crippen LogP contribution in [0.5, 0.6) is 5.75 Å². The SMILES string of the molecule is CC[C@@H](C(=O)NCCOc1ccccc1C(C)C)N(c1cc([N+](=O)[O-])ccc1C)S(C)(=O)=O. The first kappa shape index (κ1) is 26.1. The highest BCUT2D eigenvalue weighted by Gasteiger charge is 2.33. The lowest BCUT2D eigenvalue weighted by Gasteiger charge is -2.31. The highest BCUT2D eigenvalue weighted by molar-refractivity contribution is 7.92. The van der Waals surface area contributed by atoms with Crippen molar-refractivity contribution in [1.29, 1.82) is 0 Å². The summed E-state index contributed by atoms with van der Waals surface area (Å²) in [5, 5.41) is 13.9. The topological polar surface area (TPSA) is 119 Å². The number of non-ortho nitro benzene ring substituents is 1. The van der Waals surface area contributed by atoms with Gasteiger partial charge in [-0.25, -0.2) is 8.42 Å². The number of nitro groups is 1. The zero-order valence-corrected chi connectivity index (χ0v) is 20.4. The van der Waals surface area contributed by atoms with E-state index in [1.807, 2.05) is 24.3 Å². The first-order valence-corrected chi connectivity index (χ1v) is 12.6. The molecule has 0 aliphatic carbocycles. The summed E-state index contributed by atoms with van der Waals surface area (Å²) in [6.07, 6.45) is 1.16. The molecule has 33 heavy (non-hydrogen) atoms. The molecule has 0 saturated heterocycles. The van der Waals surface area contributed by atoms with Crippen molar-refractivity contribution in [2.24, 2.45) is 0 Å². The van der Waals surface area contributed by atoms with Crippen LogP contribution in [0.4, 0.5) is 11.4 Å². The summed E-state index contributed by atoms with van der Waals surface area (Å²) in [6.45, 7) is 7.83. The molecule has 9 nitrogen and oxygen atoms in total. The van der Waals surface area contributed by atoms with Crippen LogP contribution in [0.1, 0.15) is 44.2 Å². The number of anilines is 1. The molecule has 0 radical (unpaired) electrons. The molecule has 0 spiro atoms. The zero-order valence-electron chi connectivity index (χ0n) is 19.6. The Morgan fingerprint density at radius 2 is 1.88 bits per heavy atom. The van der Waals surface area contributed by atoms with Gasteiger partial charge in [0, 0.05) is 12.1 Å². The van der Waals surface area contributed by atoms with Crippen molar-refractivity contribution >= 4 is 27.3 Å². The van der Waals surface area contributed by atoms with Crippen LogP contribution in [0, 0.1) is 17.0 Å². The van der Waals surface area contributed by atoms with Gasteiger partial charge in [-0.1, -0.05) is 45.0 Å². The van der Waals surface area contributed by atoms with Gasteiger partial charge in [0.15, 0.2) is 0 Å². The van der Waals surface area contributed by atoms with E-state index in [1.165, 1.54) is 18.2 Å². The molecule has 0 fully saturated rings. The molecule has 1 amide bonds. The molecule has 0 unspecified atom stereocenters. The van der Waals surface area contributed by atoms with Gasteiger partial charge in [0.2, 0.25) is 15.9 Å². The Bertz CT molecular complexity index is 1100. The molecular weight excluding hydrogens is 446 g/mol. The highest BCUT2D eigenvalue weighted by atomic mass is 32.2. The van der Waals surface area contributed by atoms with E-state index in [0.29, 0.717) is 5.56 Å². The van der Waals surface area contributed by atoms with E-state index >= 15 is 0 Å². The summed E-state index contributed by atoms with van der Waals surface area (Å²) in [5.74, 6) is 0.509. The second-order valence-corrected chi connectivity index (χ2v) is 9.90. The maximum atomic E-state index is 12.9. The number of rotatable bonds is 11. The maximum absolute atomic E-state index is 12.9. The molecule has 2 aromatic carbocycles. The first-order chi connectivity index (χ1) is 15.5. The summed E-state index contributed by atoms with van der Waals surface area (Å²) in [7, 11) is -3.91. The summed E-state index contributed by atoms with van der Waals surface area (Å²) in [4.78, 5) is 23.6. The van der Waals surface area contributed by atoms with Crippen LogP contribution in [0.15, 0.2) is 42.5 Å². The normalized spacial score (nSPS) is 12.3. The third kappa shape index (κ3) is 6.67. The number of amides is 1. The fourth-order valence-electron chi connectivity index (χ4n) is 3.53. The molecule has 0 aromatic heterocycles. The van der Waals surface area contributed by atoms with Gasteiger partial charge in [-0.05, 0) is 36.5 Å². The second-order valence-electron chi connectivity index (χ2n) is 8.04. The van der Waals surface area contributed by atoms with Crippen molar-refractivity contribution in [2.45, 2.75) is 46.1 Å². The molecule has 2 aromatic rings. The van der Waals surface area contributed by atoms with Crippen LogP contribution < -0.4 is 14.4 Å².